The summed E-state index contributed by atoms with van der Waals surface area (Å²) in [6, 6.07) is 4.03. The lowest BCUT2D eigenvalue weighted by Crippen LogP contribution is -2.11. The number of hydrogen-bond donors (Lipinski definition) is 0. The molecule has 0 saturated carbocycles. The van der Waals surface area contributed by atoms with Crippen molar-refractivity contribution in [3.05, 3.63) is 17.5 Å². The zero-order valence-electron chi connectivity index (χ0n) is 11.3. The van der Waals surface area contributed by atoms with E-state index in [1.807, 2.05) is 29.0 Å². The van der Waals surface area contributed by atoms with E-state index in [4.69, 9.17) is 4.74 Å². The summed E-state index contributed by atoms with van der Waals surface area (Å²) in [4.78, 5) is 12.8. The molecule has 0 aliphatic carbocycles. The van der Waals surface area contributed by atoms with Gasteiger partial charge in [-0.05, 0) is 25.3 Å². The highest BCUT2D eigenvalue weighted by atomic mass is 32.2. The Morgan fingerprint density at radius 1 is 1.55 bits per heavy atom. The smallest absolute Gasteiger partial charge is 0.319 e. The van der Waals surface area contributed by atoms with E-state index in [1.54, 1.807) is 11.3 Å². The Balaban J connectivity index is 1.86. The first-order valence-corrected chi connectivity index (χ1v) is 8.29. The minimum atomic E-state index is -0.171. The van der Waals surface area contributed by atoms with Gasteiger partial charge in [0.15, 0.2) is 11.0 Å². The number of carbonyl (C=O) groups is 1. The van der Waals surface area contributed by atoms with Crippen LogP contribution in [0.3, 0.4) is 0 Å². The molecule has 0 aromatic carbocycles. The van der Waals surface area contributed by atoms with E-state index in [-0.39, 0.29) is 17.3 Å². The first-order chi connectivity index (χ1) is 9.69. The fraction of sp³-hybridized carbons (Fsp3) is 0.462. The molecule has 7 heteroatoms. The molecule has 2 aromatic heterocycles. The number of aromatic nitrogens is 3. The Labute approximate surface area is 125 Å². The number of hydrogen-bond acceptors (Lipinski definition) is 6. The highest BCUT2D eigenvalue weighted by molar-refractivity contribution is 8.00. The van der Waals surface area contributed by atoms with Crippen LogP contribution in [0.25, 0.3) is 10.7 Å². The monoisotopic (exact) mass is 309 g/mol. The largest absolute Gasteiger partial charge is 0.462 e. The van der Waals surface area contributed by atoms with E-state index in [1.165, 1.54) is 11.8 Å². The first-order valence-electron chi connectivity index (χ1n) is 6.53. The Hall–Kier alpha value is -1.34. The predicted molar refractivity (Wildman–Crippen MR) is 78.8 cm³/mol. The molecule has 0 N–H and O–H groups in total. The molecule has 2 atom stereocenters. The topological polar surface area (TPSA) is 57.0 Å². The Kier molecular flexibility index (Phi) is 3.80. The summed E-state index contributed by atoms with van der Waals surface area (Å²) in [5.41, 5.74) is 0. The molecular formula is C13H15N3O2S2. The van der Waals surface area contributed by atoms with Crippen molar-refractivity contribution in [2.75, 3.05) is 0 Å². The number of nitrogens with zero attached hydrogens (tertiary/aromatic N) is 3. The van der Waals surface area contributed by atoms with Gasteiger partial charge in [0.25, 0.3) is 0 Å². The van der Waals surface area contributed by atoms with Crippen LogP contribution in [0.1, 0.15) is 20.3 Å². The van der Waals surface area contributed by atoms with Gasteiger partial charge in [-0.1, -0.05) is 17.8 Å². The van der Waals surface area contributed by atoms with E-state index in [0.29, 0.717) is 0 Å². The van der Waals surface area contributed by atoms with E-state index in [0.717, 1.165) is 28.8 Å². The van der Waals surface area contributed by atoms with Gasteiger partial charge < -0.3 is 9.30 Å². The summed E-state index contributed by atoms with van der Waals surface area (Å²) in [5, 5.41) is 11.1. The van der Waals surface area contributed by atoms with E-state index in [2.05, 4.69) is 17.1 Å². The minimum absolute atomic E-state index is 0.00485. The Bertz CT molecular complexity index is 609. The fourth-order valence-electron chi connectivity index (χ4n) is 2.19. The van der Waals surface area contributed by atoms with Crippen molar-refractivity contribution < 1.29 is 9.53 Å². The normalized spacial score (nSPS) is 22.2. The van der Waals surface area contributed by atoms with Crippen LogP contribution in [-0.2, 0) is 16.1 Å². The van der Waals surface area contributed by atoms with Gasteiger partial charge in [-0.2, -0.15) is 0 Å². The standard InChI is InChI=1S/C13H15N3O2S2/c1-3-16-11(9-5-4-6-19-9)14-15-13(16)20-10-7-8(2)18-12(10)17/h4-6,8,10H,3,7H2,1-2H3/t8-,10-/m1/s1. The van der Waals surface area contributed by atoms with Gasteiger partial charge in [0.05, 0.1) is 4.88 Å². The predicted octanol–water partition coefficient (Wildman–Crippen LogP) is 2.82. The van der Waals surface area contributed by atoms with Crippen LogP contribution in [0, 0.1) is 0 Å². The number of esters is 1. The molecule has 1 fully saturated rings. The number of rotatable bonds is 4. The maximum absolute atomic E-state index is 11.7. The zero-order chi connectivity index (χ0) is 14.1. The quantitative estimate of drug-likeness (QED) is 0.813. The van der Waals surface area contributed by atoms with E-state index >= 15 is 0 Å². The zero-order valence-corrected chi connectivity index (χ0v) is 12.9. The van der Waals surface area contributed by atoms with Crippen molar-refractivity contribution in [3.63, 3.8) is 0 Å². The van der Waals surface area contributed by atoms with Crippen molar-refractivity contribution in [1.29, 1.82) is 0 Å². The van der Waals surface area contributed by atoms with Gasteiger partial charge >= 0.3 is 5.97 Å². The van der Waals surface area contributed by atoms with Gasteiger partial charge in [-0.3, -0.25) is 4.79 Å². The van der Waals surface area contributed by atoms with Crippen LogP contribution < -0.4 is 0 Å². The molecule has 0 spiro atoms. The van der Waals surface area contributed by atoms with Gasteiger partial charge in [0.2, 0.25) is 0 Å². The average Bonchev–Trinajstić information content (AvgIpc) is 3.11. The molecule has 2 aromatic rings. The second-order valence-electron chi connectivity index (χ2n) is 4.62. The number of carbonyl (C=O) groups excluding carboxylic acids is 1. The summed E-state index contributed by atoms with van der Waals surface area (Å²) in [6.07, 6.45) is 0.726. The van der Waals surface area contributed by atoms with Crippen LogP contribution in [0.5, 0.6) is 0 Å². The second kappa shape index (κ2) is 5.57. The first kappa shape index (κ1) is 13.6. The summed E-state index contributed by atoms with van der Waals surface area (Å²) in [7, 11) is 0. The fourth-order valence-corrected chi connectivity index (χ4v) is 4.11. The van der Waals surface area contributed by atoms with Crippen LogP contribution >= 0.6 is 23.1 Å². The molecule has 1 aliphatic heterocycles. The van der Waals surface area contributed by atoms with Crippen LogP contribution in [0.2, 0.25) is 0 Å². The molecule has 0 bridgehead atoms. The molecule has 3 heterocycles. The third-order valence-corrected chi connectivity index (χ3v) is 5.20. The average molecular weight is 309 g/mol. The molecule has 0 radical (unpaired) electrons. The Morgan fingerprint density at radius 2 is 2.40 bits per heavy atom. The van der Waals surface area contributed by atoms with Crippen molar-refractivity contribution in [2.45, 2.75) is 43.3 Å². The maximum Gasteiger partial charge on any atom is 0.319 e. The molecule has 1 aliphatic rings. The molecule has 0 amide bonds. The summed E-state index contributed by atoms with van der Waals surface area (Å²) < 4.78 is 7.23. The third kappa shape index (κ3) is 2.47. The van der Waals surface area contributed by atoms with Gasteiger partial charge in [-0.15, -0.1) is 21.5 Å². The summed E-state index contributed by atoms with van der Waals surface area (Å²) >= 11 is 3.09. The lowest BCUT2D eigenvalue weighted by atomic mass is 10.3. The molecule has 5 nitrogen and oxygen atoms in total. The van der Waals surface area contributed by atoms with Crippen molar-refractivity contribution in [1.82, 2.24) is 14.8 Å². The molecule has 0 unspecified atom stereocenters. The molecule has 3 rings (SSSR count). The molecular weight excluding hydrogens is 294 g/mol. The van der Waals surface area contributed by atoms with E-state index in [9.17, 15) is 4.79 Å². The maximum atomic E-state index is 11.7. The van der Waals surface area contributed by atoms with Crippen LogP contribution in [-0.4, -0.2) is 32.1 Å². The lowest BCUT2D eigenvalue weighted by molar-refractivity contribution is -0.140. The van der Waals surface area contributed by atoms with Gasteiger partial charge in [0, 0.05) is 13.0 Å². The summed E-state index contributed by atoms with van der Waals surface area (Å²) in [5.74, 6) is 0.718. The summed E-state index contributed by atoms with van der Waals surface area (Å²) in [6.45, 7) is 4.75. The lowest BCUT2D eigenvalue weighted by Gasteiger charge is -2.07. The van der Waals surface area contributed by atoms with Gasteiger partial charge in [0.1, 0.15) is 11.4 Å². The van der Waals surface area contributed by atoms with E-state index < -0.39 is 0 Å². The SMILES string of the molecule is CCn1c(S[C@@H]2C[C@@H](C)OC2=O)nnc1-c1cccs1. The van der Waals surface area contributed by atoms with Crippen molar-refractivity contribution in [3.8, 4) is 10.7 Å². The number of cyclic esters (lactones) is 1. The minimum Gasteiger partial charge on any atom is -0.462 e. The number of thiophene rings is 1. The second-order valence-corrected chi connectivity index (χ2v) is 6.74. The number of thioether (sulfide) groups is 1. The van der Waals surface area contributed by atoms with Crippen molar-refractivity contribution >= 4 is 29.1 Å². The number of ether oxygens (including phenoxy) is 1. The van der Waals surface area contributed by atoms with Crippen LogP contribution in [0.15, 0.2) is 22.7 Å². The molecule has 106 valence electrons. The highest BCUT2D eigenvalue weighted by Crippen LogP contribution is 2.33. The highest BCUT2D eigenvalue weighted by Gasteiger charge is 2.34. The van der Waals surface area contributed by atoms with Crippen molar-refractivity contribution in [2.24, 2.45) is 0 Å². The molecule has 20 heavy (non-hydrogen) atoms. The third-order valence-electron chi connectivity index (χ3n) is 3.15. The molecule has 1 saturated heterocycles. The Morgan fingerprint density at radius 3 is 3.00 bits per heavy atom. The van der Waals surface area contributed by atoms with Gasteiger partial charge in [-0.25, -0.2) is 0 Å². The van der Waals surface area contributed by atoms with Crippen LogP contribution in [0.4, 0.5) is 0 Å².